The lowest BCUT2D eigenvalue weighted by atomic mass is 9.99. The highest BCUT2D eigenvalue weighted by Crippen LogP contribution is 2.23. The van der Waals surface area contributed by atoms with E-state index in [1.54, 1.807) is 0 Å². The first-order valence-corrected chi connectivity index (χ1v) is 7.01. The van der Waals surface area contributed by atoms with Crippen molar-refractivity contribution < 1.29 is 9.53 Å². The minimum Gasteiger partial charge on any atom is -0.380 e. The molecule has 1 fully saturated rings. The van der Waals surface area contributed by atoms with Crippen LogP contribution in [-0.2, 0) is 9.53 Å². The highest BCUT2D eigenvalue weighted by atomic mass is 79.9. The van der Waals surface area contributed by atoms with Crippen LogP contribution in [0.15, 0.2) is 0 Å². The van der Waals surface area contributed by atoms with E-state index in [9.17, 15) is 4.79 Å². The molecule has 0 saturated carbocycles. The number of amides is 1. The third kappa shape index (κ3) is 3.45. The molecule has 2 unspecified atom stereocenters. The maximum Gasteiger partial charge on any atom is 0.236 e. The molecule has 0 N–H and O–H groups in total. The van der Waals surface area contributed by atoms with Crippen molar-refractivity contribution in [3.8, 4) is 0 Å². The van der Waals surface area contributed by atoms with Gasteiger partial charge in [0.2, 0.25) is 5.91 Å². The molecule has 94 valence electrons. The summed E-state index contributed by atoms with van der Waals surface area (Å²) in [4.78, 5) is 14.1. The SMILES string of the molecule is CCOCC(C(C)C)N1CCCC(Br)C1=O. The summed E-state index contributed by atoms with van der Waals surface area (Å²) in [6, 6.07) is 0.216. The molecule has 1 rings (SSSR count). The van der Waals surface area contributed by atoms with E-state index in [1.165, 1.54) is 0 Å². The number of likely N-dealkylation sites (tertiary alicyclic amines) is 1. The van der Waals surface area contributed by atoms with E-state index in [0.717, 1.165) is 19.4 Å². The van der Waals surface area contributed by atoms with Gasteiger partial charge < -0.3 is 9.64 Å². The maximum absolute atomic E-state index is 12.1. The first-order valence-electron chi connectivity index (χ1n) is 6.10. The molecule has 1 aliphatic rings. The average Bonchev–Trinajstić information content (AvgIpc) is 2.24. The quantitative estimate of drug-likeness (QED) is 0.728. The topological polar surface area (TPSA) is 29.5 Å². The number of nitrogens with zero attached hydrogens (tertiary/aromatic N) is 1. The van der Waals surface area contributed by atoms with Gasteiger partial charge in [0.15, 0.2) is 0 Å². The van der Waals surface area contributed by atoms with Gasteiger partial charge in [-0.2, -0.15) is 0 Å². The number of alkyl halides is 1. The molecule has 1 saturated heterocycles. The van der Waals surface area contributed by atoms with Crippen LogP contribution in [0.3, 0.4) is 0 Å². The number of halogens is 1. The number of carbonyl (C=O) groups is 1. The number of piperidine rings is 1. The summed E-state index contributed by atoms with van der Waals surface area (Å²) in [5, 5.41) is 0. The second kappa shape index (κ2) is 6.60. The molecule has 0 bridgehead atoms. The third-order valence-corrected chi connectivity index (χ3v) is 3.92. The van der Waals surface area contributed by atoms with Crippen molar-refractivity contribution in [1.82, 2.24) is 4.90 Å². The standard InChI is InChI=1S/C12H22BrNO2/c1-4-16-8-11(9(2)3)14-7-5-6-10(13)12(14)15/h9-11H,4-8H2,1-3H3. The number of hydrogen-bond donors (Lipinski definition) is 0. The van der Waals surface area contributed by atoms with E-state index in [-0.39, 0.29) is 16.8 Å². The van der Waals surface area contributed by atoms with Gasteiger partial charge in [-0.3, -0.25) is 4.79 Å². The molecule has 16 heavy (non-hydrogen) atoms. The van der Waals surface area contributed by atoms with Gasteiger partial charge >= 0.3 is 0 Å². The first-order chi connectivity index (χ1) is 7.57. The van der Waals surface area contributed by atoms with Crippen LogP contribution in [-0.4, -0.2) is 41.4 Å². The molecule has 2 atom stereocenters. The van der Waals surface area contributed by atoms with E-state index in [4.69, 9.17) is 4.74 Å². The van der Waals surface area contributed by atoms with Crippen molar-refractivity contribution in [3.05, 3.63) is 0 Å². The number of carbonyl (C=O) groups excluding carboxylic acids is 1. The second-order valence-electron chi connectivity index (χ2n) is 4.61. The predicted molar refractivity (Wildman–Crippen MR) is 68.8 cm³/mol. The van der Waals surface area contributed by atoms with Crippen molar-refractivity contribution in [1.29, 1.82) is 0 Å². The van der Waals surface area contributed by atoms with Gasteiger partial charge in [0.05, 0.1) is 17.5 Å². The fourth-order valence-electron chi connectivity index (χ4n) is 2.06. The molecule has 0 aliphatic carbocycles. The zero-order valence-corrected chi connectivity index (χ0v) is 12.0. The van der Waals surface area contributed by atoms with Gasteiger partial charge in [-0.15, -0.1) is 0 Å². The Labute approximate surface area is 107 Å². The molecule has 3 nitrogen and oxygen atoms in total. The summed E-state index contributed by atoms with van der Waals surface area (Å²) < 4.78 is 5.48. The average molecular weight is 292 g/mol. The number of rotatable bonds is 5. The molecule has 0 radical (unpaired) electrons. The third-order valence-electron chi connectivity index (χ3n) is 3.07. The van der Waals surface area contributed by atoms with E-state index in [0.29, 0.717) is 19.1 Å². The van der Waals surface area contributed by atoms with Gasteiger partial charge in [0, 0.05) is 13.2 Å². The van der Waals surface area contributed by atoms with Gasteiger partial charge in [0.1, 0.15) is 0 Å². The molecular weight excluding hydrogens is 270 g/mol. The van der Waals surface area contributed by atoms with Crippen LogP contribution in [0.4, 0.5) is 0 Å². The summed E-state index contributed by atoms with van der Waals surface area (Å²) in [5.74, 6) is 0.665. The molecule has 0 aromatic carbocycles. The monoisotopic (exact) mass is 291 g/mol. The molecule has 1 aliphatic heterocycles. The largest absolute Gasteiger partial charge is 0.380 e. The fraction of sp³-hybridized carbons (Fsp3) is 0.917. The van der Waals surface area contributed by atoms with E-state index >= 15 is 0 Å². The molecular formula is C12H22BrNO2. The Balaban J connectivity index is 2.65. The van der Waals surface area contributed by atoms with Crippen LogP contribution in [0.1, 0.15) is 33.6 Å². The Morgan fingerprint density at radius 2 is 2.25 bits per heavy atom. The highest BCUT2D eigenvalue weighted by molar-refractivity contribution is 9.10. The molecule has 0 aromatic heterocycles. The van der Waals surface area contributed by atoms with Crippen molar-refractivity contribution in [2.24, 2.45) is 5.92 Å². The summed E-state index contributed by atoms with van der Waals surface area (Å²) in [5.41, 5.74) is 0. The smallest absolute Gasteiger partial charge is 0.236 e. The summed E-state index contributed by atoms with van der Waals surface area (Å²) >= 11 is 3.45. The molecule has 1 amide bonds. The van der Waals surface area contributed by atoms with E-state index in [2.05, 4.69) is 29.8 Å². The molecule has 0 spiro atoms. The van der Waals surface area contributed by atoms with E-state index < -0.39 is 0 Å². The Hall–Kier alpha value is -0.0900. The van der Waals surface area contributed by atoms with Crippen molar-refractivity contribution in [3.63, 3.8) is 0 Å². The van der Waals surface area contributed by atoms with Gasteiger partial charge in [0.25, 0.3) is 0 Å². The van der Waals surface area contributed by atoms with Crippen molar-refractivity contribution in [2.75, 3.05) is 19.8 Å². The predicted octanol–water partition coefficient (Wildman–Crippen LogP) is 2.43. The lowest BCUT2D eigenvalue weighted by Gasteiger charge is -2.38. The Morgan fingerprint density at radius 1 is 1.56 bits per heavy atom. The Bertz CT molecular complexity index is 233. The van der Waals surface area contributed by atoms with Crippen LogP contribution in [0.5, 0.6) is 0 Å². The van der Waals surface area contributed by atoms with Crippen LogP contribution in [0.25, 0.3) is 0 Å². The summed E-state index contributed by atoms with van der Waals surface area (Å²) in [6.07, 6.45) is 2.03. The van der Waals surface area contributed by atoms with Gasteiger partial charge in [-0.1, -0.05) is 29.8 Å². The second-order valence-corrected chi connectivity index (χ2v) is 5.72. The Kier molecular flexibility index (Phi) is 5.76. The zero-order chi connectivity index (χ0) is 12.1. The normalized spacial score (nSPS) is 23.9. The maximum atomic E-state index is 12.1. The lowest BCUT2D eigenvalue weighted by Crippen LogP contribution is -2.51. The molecule has 4 heteroatoms. The summed E-state index contributed by atoms with van der Waals surface area (Å²) in [7, 11) is 0. The van der Waals surface area contributed by atoms with Crippen LogP contribution < -0.4 is 0 Å². The minimum absolute atomic E-state index is 0.00382. The summed E-state index contributed by atoms with van der Waals surface area (Å²) in [6.45, 7) is 8.52. The lowest BCUT2D eigenvalue weighted by molar-refractivity contribution is -0.137. The van der Waals surface area contributed by atoms with Gasteiger partial charge in [-0.05, 0) is 25.7 Å². The van der Waals surface area contributed by atoms with Crippen LogP contribution in [0.2, 0.25) is 0 Å². The first kappa shape index (κ1) is 14.0. The fourth-order valence-corrected chi connectivity index (χ4v) is 2.65. The molecule has 0 aromatic rings. The zero-order valence-electron chi connectivity index (χ0n) is 10.4. The van der Waals surface area contributed by atoms with Crippen LogP contribution in [0, 0.1) is 5.92 Å². The number of hydrogen-bond acceptors (Lipinski definition) is 2. The Morgan fingerprint density at radius 3 is 2.81 bits per heavy atom. The van der Waals surface area contributed by atoms with E-state index in [1.807, 2.05) is 11.8 Å². The number of ether oxygens (including phenoxy) is 1. The van der Waals surface area contributed by atoms with Crippen molar-refractivity contribution in [2.45, 2.75) is 44.5 Å². The van der Waals surface area contributed by atoms with Crippen molar-refractivity contribution >= 4 is 21.8 Å². The van der Waals surface area contributed by atoms with Gasteiger partial charge in [-0.25, -0.2) is 0 Å². The van der Waals surface area contributed by atoms with Crippen LogP contribution >= 0.6 is 15.9 Å². The molecule has 1 heterocycles. The highest BCUT2D eigenvalue weighted by Gasteiger charge is 2.32. The minimum atomic E-state index is 0.00382.